The number of anilines is 1. The number of nitrogens with one attached hydrogen (secondary N) is 1. The second-order valence-corrected chi connectivity index (χ2v) is 8.37. The summed E-state index contributed by atoms with van der Waals surface area (Å²) in [7, 11) is 0. The zero-order valence-electron chi connectivity index (χ0n) is 17.1. The fourth-order valence-corrected chi connectivity index (χ4v) is 4.12. The van der Waals surface area contributed by atoms with Crippen molar-refractivity contribution >= 4 is 23.6 Å². The van der Waals surface area contributed by atoms with E-state index in [2.05, 4.69) is 50.7 Å². The second kappa shape index (κ2) is 9.76. The first kappa shape index (κ1) is 20.4. The minimum absolute atomic E-state index is 0.0402. The van der Waals surface area contributed by atoms with Crippen LogP contribution in [0.4, 0.5) is 5.95 Å². The molecule has 0 unspecified atom stereocenters. The summed E-state index contributed by atoms with van der Waals surface area (Å²) in [6.45, 7) is 2.10. The van der Waals surface area contributed by atoms with E-state index < -0.39 is 0 Å². The van der Waals surface area contributed by atoms with Crippen molar-refractivity contribution in [3.63, 3.8) is 0 Å². The van der Waals surface area contributed by atoms with Crippen LogP contribution in [0, 0.1) is 5.92 Å². The fourth-order valence-electron chi connectivity index (χ4n) is 3.71. The van der Waals surface area contributed by atoms with E-state index in [0.29, 0.717) is 19.0 Å². The Morgan fingerprint density at radius 3 is 2.50 bits per heavy atom. The van der Waals surface area contributed by atoms with Gasteiger partial charge in [-0.05, 0) is 42.4 Å². The van der Waals surface area contributed by atoms with Crippen LogP contribution in [0.5, 0.6) is 0 Å². The fraction of sp³-hybridized carbons (Fsp3) is 0.292. The Bertz CT molecular complexity index is 961. The van der Waals surface area contributed by atoms with Gasteiger partial charge in [0.05, 0.1) is 5.92 Å². The summed E-state index contributed by atoms with van der Waals surface area (Å²) in [4.78, 5) is 25.2. The van der Waals surface area contributed by atoms with Gasteiger partial charge in [0.2, 0.25) is 11.9 Å². The van der Waals surface area contributed by atoms with Crippen molar-refractivity contribution in [2.75, 3.05) is 24.2 Å². The third-order valence-corrected chi connectivity index (χ3v) is 6.19. The molecule has 0 radical (unpaired) electrons. The maximum absolute atomic E-state index is 12.7. The summed E-state index contributed by atoms with van der Waals surface area (Å²) < 4.78 is 0. The number of rotatable bonds is 6. The van der Waals surface area contributed by atoms with E-state index in [4.69, 9.17) is 0 Å². The molecule has 1 aliphatic rings. The lowest BCUT2D eigenvalue weighted by atomic mass is 9.97. The van der Waals surface area contributed by atoms with Gasteiger partial charge >= 0.3 is 0 Å². The molecule has 0 bridgehead atoms. The molecule has 1 fully saturated rings. The van der Waals surface area contributed by atoms with Gasteiger partial charge in [0, 0.05) is 42.5 Å². The summed E-state index contributed by atoms with van der Waals surface area (Å²) in [5.74, 6) is 0.760. The average molecular weight is 419 g/mol. The molecule has 0 spiro atoms. The first-order chi connectivity index (χ1) is 14.7. The molecule has 0 saturated carbocycles. The summed E-state index contributed by atoms with van der Waals surface area (Å²) in [6, 6.07) is 18.4. The Hall–Kier alpha value is -2.86. The van der Waals surface area contributed by atoms with Crippen LogP contribution in [0.2, 0.25) is 0 Å². The molecule has 6 heteroatoms. The molecule has 0 aliphatic carbocycles. The van der Waals surface area contributed by atoms with Crippen molar-refractivity contribution in [2.45, 2.75) is 24.3 Å². The zero-order valence-corrected chi connectivity index (χ0v) is 17.9. The normalized spacial score (nSPS) is 16.3. The first-order valence-corrected chi connectivity index (χ1v) is 11.5. The van der Waals surface area contributed by atoms with Gasteiger partial charge in [0.1, 0.15) is 0 Å². The topological polar surface area (TPSA) is 58.1 Å². The first-order valence-electron chi connectivity index (χ1n) is 10.3. The van der Waals surface area contributed by atoms with E-state index in [1.54, 1.807) is 11.8 Å². The molecule has 1 N–H and O–H groups in total. The van der Waals surface area contributed by atoms with Crippen molar-refractivity contribution < 1.29 is 4.79 Å². The van der Waals surface area contributed by atoms with E-state index in [9.17, 15) is 4.79 Å². The number of aromatic nitrogens is 2. The van der Waals surface area contributed by atoms with Gasteiger partial charge < -0.3 is 10.2 Å². The van der Waals surface area contributed by atoms with E-state index in [0.717, 1.165) is 36.1 Å². The summed E-state index contributed by atoms with van der Waals surface area (Å²) in [6.07, 6.45) is 7.64. The van der Waals surface area contributed by atoms with Gasteiger partial charge in [-0.1, -0.05) is 42.5 Å². The number of nitrogens with zero attached hydrogens (tertiary/aromatic N) is 3. The van der Waals surface area contributed by atoms with E-state index in [1.165, 1.54) is 4.90 Å². The minimum atomic E-state index is -0.0402. The number of carbonyl (C=O) groups excluding carboxylic acids is 1. The van der Waals surface area contributed by atoms with Crippen LogP contribution in [-0.4, -0.2) is 35.2 Å². The van der Waals surface area contributed by atoms with Crippen LogP contribution in [0.15, 0.2) is 71.9 Å². The Labute approximate surface area is 181 Å². The number of benzene rings is 2. The lowest BCUT2D eigenvalue weighted by Gasteiger charge is -2.32. The number of piperidine rings is 1. The highest BCUT2D eigenvalue weighted by Crippen LogP contribution is 2.23. The predicted octanol–water partition coefficient (Wildman–Crippen LogP) is 4.40. The third kappa shape index (κ3) is 5.00. The lowest BCUT2D eigenvalue weighted by Crippen LogP contribution is -2.43. The standard InChI is InChI=1S/C24H26N4OS/c1-30-22-11-9-18(10-12-22)14-25-23(29)20-8-5-13-28(17-20)24-26-15-21(16-27-24)19-6-3-2-4-7-19/h2-4,6-7,9-12,15-16,20H,5,8,13-14,17H2,1H3,(H,25,29)/t20-/m1/s1. The van der Waals surface area contributed by atoms with E-state index in [-0.39, 0.29) is 11.8 Å². The Morgan fingerprint density at radius 1 is 1.07 bits per heavy atom. The predicted molar refractivity (Wildman–Crippen MR) is 122 cm³/mol. The molecule has 1 amide bonds. The molecule has 1 atom stereocenters. The van der Waals surface area contributed by atoms with Gasteiger partial charge in [-0.2, -0.15) is 0 Å². The SMILES string of the molecule is CSc1ccc(CNC(=O)[C@@H]2CCCN(c3ncc(-c4ccccc4)cn3)C2)cc1. The highest BCUT2D eigenvalue weighted by atomic mass is 32.2. The Balaban J connectivity index is 1.34. The number of hydrogen-bond donors (Lipinski definition) is 1. The van der Waals surface area contributed by atoms with Crippen molar-refractivity contribution in [1.29, 1.82) is 0 Å². The number of carbonyl (C=O) groups is 1. The zero-order chi connectivity index (χ0) is 20.8. The molecule has 1 saturated heterocycles. The molecule has 5 nitrogen and oxygen atoms in total. The molecule has 2 aromatic carbocycles. The lowest BCUT2D eigenvalue weighted by molar-refractivity contribution is -0.125. The molecule has 1 aromatic heterocycles. The highest BCUT2D eigenvalue weighted by Gasteiger charge is 2.27. The van der Waals surface area contributed by atoms with E-state index in [1.807, 2.05) is 42.7 Å². The van der Waals surface area contributed by atoms with Crippen molar-refractivity contribution in [2.24, 2.45) is 5.92 Å². The van der Waals surface area contributed by atoms with Crippen molar-refractivity contribution in [3.8, 4) is 11.1 Å². The van der Waals surface area contributed by atoms with Crippen LogP contribution in [0.3, 0.4) is 0 Å². The summed E-state index contributed by atoms with van der Waals surface area (Å²) in [5.41, 5.74) is 3.22. The Morgan fingerprint density at radius 2 is 1.80 bits per heavy atom. The van der Waals surface area contributed by atoms with Crippen molar-refractivity contribution in [3.05, 3.63) is 72.6 Å². The van der Waals surface area contributed by atoms with Crippen LogP contribution in [0.25, 0.3) is 11.1 Å². The van der Waals surface area contributed by atoms with Crippen LogP contribution >= 0.6 is 11.8 Å². The monoisotopic (exact) mass is 418 g/mol. The van der Waals surface area contributed by atoms with Crippen LogP contribution in [-0.2, 0) is 11.3 Å². The quantitative estimate of drug-likeness (QED) is 0.602. The largest absolute Gasteiger partial charge is 0.352 e. The Kier molecular flexibility index (Phi) is 6.64. The molecular formula is C24H26N4OS. The maximum atomic E-state index is 12.7. The van der Waals surface area contributed by atoms with Crippen LogP contribution in [0.1, 0.15) is 18.4 Å². The molecule has 3 aromatic rings. The van der Waals surface area contributed by atoms with E-state index >= 15 is 0 Å². The maximum Gasteiger partial charge on any atom is 0.225 e. The van der Waals surface area contributed by atoms with Gasteiger partial charge in [-0.3, -0.25) is 4.79 Å². The van der Waals surface area contributed by atoms with Gasteiger partial charge in [0.15, 0.2) is 0 Å². The van der Waals surface area contributed by atoms with Crippen molar-refractivity contribution in [1.82, 2.24) is 15.3 Å². The third-order valence-electron chi connectivity index (χ3n) is 5.45. The van der Waals surface area contributed by atoms with Crippen LogP contribution < -0.4 is 10.2 Å². The summed E-state index contributed by atoms with van der Waals surface area (Å²) >= 11 is 1.72. The summed E-state index contributed by atoms with van der Waals surface area (Å²) in [5, 5.41) is 3.10. The van der Waals surface area contributed by atoms with Gasteiger partial charge in [-0.15, -0.1) is 11.8 Å². The molecule has 30 heavy (non-hydrogen) atoms. The van der Waals surface area contributed by atoms with Gasteiger partial charge in [-0.25, -0.2) is 9.97 Å². The number of hydrogen-bond acceptors (Lipinski definition) is 5. The number of thioether (sulfide) groups is 1. The molecule has 154 valence electrons. The smallest absolute Gasteiger partial charge is 0.225 e. The molecule has 4 rings (SSSR count). The van der Waals surface area contributed by atoms with Gasteiger partial charge in [0.25, 0.3) is 0 Å². The highest BCUT2D eigenvalue weighted by molar-refractivity contribution is 7.98. The number of amides is 1. The second-order valence-electron chi connectivity index (χ2n) is 7.49. The molecular weight excluding hydrogens is 392 g/mol. The molecule has 2 heterocycles. The minimum Gasteiger partial charge on any atom is -0.352 e. The average Bonchev–Trinajstić information content (AvgIpc) is 2.83. The molecule has 1 aliphatic heterocycles.